The highest BCUT2D eigenvalue weighted by molar-refractivity contribution is 5.79. The Morgan fingerprint density at radius 1 is 1.11 bits per heavy atom. The Bertz CT molecular complexity index is 313. The number of nitrogens with one attached hydrogen (secondary N) is 1. The van der Waals surface area contributed by atoms with Gasteiger partial charge in [0.15, 0.2) is 0 Å². The fourth-order valence-electron chi connectivity index (χ4n) is 3.48. The zero-order chi connectivity index (χ0) is 13.6. The predicted molar refractivity (Wildman–Crippen MR) is 74.0 cm³/mol. The molecule has 104 valence electrons. The maximum atomic E-state index is 12.3. The third kappa shape index (κ3) is 2.18. The molecule has 2 fully saturated rings. The third-order valence-corrected chi connectivity index (χ3v) is 5.86. The lowest BCUT2D eigenvalue weighted by molar-refractivity contribution is -0.126. The Hall–Kier alpha value is -0.570. The molecule has 2 aliphatic carbocycles. The molecule has 0 aromatic heterocycles. The first-order chi connectivity index (χ1) is 8.30. The van der Waals surface area contributed by atoms with E-state index in [0.29, 0.717) is 12.0 Å². The summed E-state index contributed by atoms with van der Waals surface area (Å²) >= 11 is 0. The largest absolute Gasteiger partial charge is 0.352 e. The first kappa shape index (κ1) is 13.9. The van der Waals surface area contributed by atoms with Gasteiger partial charge in [0.25, 0.3) is 0 Å². The van der Waals surface area contributed by atoms with Crippen LogP contribution in [-0.2, 0) is 4.79 Å². The zero-order valence-electron chi connectivity index (χ0n) is 12.3. The summed E-state index contributed by atoms with van der Waals surface area (Å²) in [6, 6.07) is 0.338. The molecule has 0 atom stereocenters. The first-order valence-electron chi connectivity index (χ1n) is 7.31. The molecule has 0 radical (unpaired) electrons. The number of amides is 1. The second kappa shape index (κ2) is 4.52. The summed E-state index contributed by atoms with van der Waals surface area (Å²) < 4.78 is 0. The van der Waals surface area contributed by atoms with Gasteiger partial charge in [0.05, 0.1) is 0 Å². The van der Waals surface area contributed by atoms with Crippen LogP contribution < -0.4 is 11.1 Å². The van der Waals surface area contributed by atoms with Gasteiger partial charge in [-0.25, -0.2) is 0 Å². The summed E-state index contributed by atoms with van der Waals surface area (Å²) in [5, 5.41) is 3.27. The molecule has 18 heavy (non-hydrogen) atoms. The number of rotatable bonds is 3. The van der Waals surface area contributed by atoms with Gasteiger partial charge in [-0.2, -0.15) is 0 Å². The Morgan fingerprint density at radius 2 is 1.61 bits per heavy atom. The van der Waals surface area contributed by atoms with Crippen LogP contribution >= 0.6 is 0 Å². The zero-order valence-corrected chi connectivity index (χ0v) is 12.3. The maximum absolute atomic E-state index is 12.3. The summed E-state index contributed by atoms with van der Waals surface area (Å²) in [7, 11) is 0. The van der Waals surface area contributed by atoms with Gasteiger partial charge in [-0.05, 0) is 49.0 Å². The Balaban J connectivity index is 1.84. The standard InChI is InChI=1S/C15H28N2O/c1-14(2)13(15(14,3)4)17-12(18)11-7-5-10(9-16)6-8-11/h10-11,13H,5-9,16H2,1-4H3,(H,17,18). The molecule has 1 amide bonds. The molecule has 0 aliphatic heterocycles. The van der Waals surface area contributed by atoms with E-state index in [1.807, 2.05) is 0 Å². The van der Waals surface area contributed by atoms with Gasteiger partial charge in [-0.15, -0.1) is 0 Å². The molecule has 0 aromatic carbocycles. The minimum atomic E-state index is 0.222. The van der Waals surface area contributed by atoms with E-state index < -0.39 is 0 Å². The molecule has 0 bridgehead atoms. The number of carbonyl (C=O) groups is 1. The fourth-order valence-corrected chi connectivity index (χ4v) is 3.48. The molecular formula is C15H28N2O. The summed E-state index contributed by atoms with van der Waals surface area (Å²) in [6.45, 7) is 9.73. The second-order valence-corrected chi connectivity index (χ2v) is 7.34. The first-order valence-corrected chi connectivity index (χ1v) is 7.31. The van der Waals surface area contributed by atoms with Crippen molar-refractivity contribution in [3.8, 4) is 0 Å². The van der Waals surface area contributed by atoms with Gasteiger partial charge < -0.3 is 11.1 Å². The summed E-state index contributed by atoms with van der Waals surface area (Å²) in [6.07, 6.45) is 4.26. The Labute approximate surface area is 111 Å². The molecule has 0 unspecified atom stereocenters. The van der Waals surface area contributed by atoms with E-state index in [1.54, 1.807) is 0 Å². The van der Waals surface area contributed by atoms with Crippen molar-refractivity contribution in [2.75, 3.05) is 6.54 Å². The van der Waals surface area contributed by atoms with Gasteiger partial charge in [-0.3, -0.25) is 4.79 Å². The molecule has 3 heteroatoms. The van der Waals surface area contributed by atoms with Gasteiger partial charge in [0.1, 0.15) is 0 Å². The smallest absolute Gasteiger partial charge is 0.223 e. The average molecular weight is 252 g/mol. The van der Waals surface area contributed by atoms with Crippen LogP contribution in [0.2, 0.25) is 0 Å². The van der Waals surface area contributed by atoms with Crippen LogP contribution in [0.1, 0.15) is 53.4 Å². The maximum Gasteiger partial charge on any atom is 0.223 e. The van der Waals surface area contributed by atoms with Gasteiger partial charge in [0, 0.05) is 12.0 Å². The molecule has 0 spiro atoms. The summed E-state index contributed by atoms with van der Waals surface area (Å²) in [5.41, 5.74) is 6.15. The Kier molecular flexibility index (Phi) is 3.48. The predicted octanol–water partition coefficient (Wildman–Crippen LogP) is 2.30. The number of nitrogens with two attached hydrogens (primary N) is 1. The molecule has 3 nitrogen and oxygen atoms in total. The minimum Gasteiger partial charge on any atom is -0.352 e. The van der Waals surface area contributed by atoms with Gasteiger partial charge in [0.2, 0.25) is 5.91 Å². The molecule has 2 rings (SSSR count). The van der Waals surface area contributed by atoms with Gasteiger partial charge >= 0.3 is 0 Å². The van der Waals surface area contributed by atoms with Gasteiger partial charge in [-0.1, -0.05) is 27.7 Å². The summed E-state index contributed by atoms with van der Waals surface area (Å²) in [5.74, 6) is 1.14. The van der Waals surface area contributed by atoms with E-state index in [1.165, 1.54) is 0 Å². The normalized spacial score (nSPS) is 34.1. The van der Waals surface area contributed by atoms with Crippen molar-refractivity contribution in [1.29, 1.82) is 0 Å². The molecule has 0 heterocycles. The quantitative estimate of drug-likeness (QED) is 0.810. The van der Waals surface area contributed by atoms with Crippen molar-refractivity contribution < 1.29 is 4.79 Å². The van der Waals surface area contributed by atoms with Crippen LogP contribution in [0, 0.1) is 22.7 Å². The van der Waals surface area contributed by atoms with Crippen LogP contribution in [0.3, 0.4) is 0 Å². The lowest BCUT2D eigenvalue weighted by Gasteiger charge is -2.27. The van der Waals surface area contributed by atoms with E-state index in [-0.39, 0.29) is 22.7 Å². The van der Waals surface area contributed by atoms with E-state index in [0.717, 1.165) is 32.2 Å². The lowest BCUT2D eigenvalue weighted by atomic mass is 9.81. The molecule has 2 aliphatic rings. The van der Waals surface area contributed by atoms with Crippen molar-refractivity contribution in [3.05, 3.63) is 0 Å². The molecule has 0 saturated heterocycles. The monoisotopic (exact) mass is 252 g/mol. The van der Waals surface area contributed by atoms with Crippen molar-refractivity contribution in [2.24, 2.45) is 28.4 Å². The topological polar surface area (TPSA) is 55.1 Å². The highest BCUT2D eigenvalue weighted by Gasteiger charge is 2.65. The van der Waals surface area contributed by atoms with E-state index >= 15 is 0 Å². The third-order valence-electron chi connectivity index (χ3n) is 5.86. The van der Waals surface area contributed by atoms with Crippen LogP contribution in [0.5, 0.6) is 0 Å². The number of carbonyl (C=O) groups excluding carboxylic acids is 1. The van der Waals surface area contributed by atoms with E-state index in [4.69, 9.17) is 5.73 Å². The van der Waals surface area contributed by atoms with Crippen LogP contribution in [0.25, 0.3) is 0 Å². The SMILES string of the molecule is CC1(C)C(NC(=O)C2CCC(CN)CC2)C1(C)C. The van der Waals surface area contributed by atoms with Crippen LogP contribution in [0.4, 0.5) is 0 Å². The van der Waals surface area contributed by atoms with Crippen molar-refractivity contribution in [3.63, 3.8) is 0 Å². The van der Waals surface area contributed by atoms with Crippen LogP contribution in [-0.4, -0.2) is 18.5 Å². The van der Waals surface area contributed by atoms with Crippen LogP contribution in [0.15, 0.2) is 0 Å². The highest BCUT2D eigenvalue weighted by Crippen LogP contribution is 2.62. The molecule has 0 aromatic rings. The Morgan fingerprint density at radius 3 is 2.00 bits per heavy atom. The van der Waals surface area contributed by atoms with Crippen molar-refractivity contribution in [1.82, 2.24) is 5.32 Å². The highest BCUT2D eigenvalue weighted by atomic mass is 16.2. The second-order valence-electron chi connectivity index (χ2n) is 7.34. The van der Waals surface area contributed by atoms with E-state index in [2.05, 4.69) is 33.0 Å². The summed E-state index contributed by atoms with van der Waals surface area (Å²) in [4.78, 5) is 12.3. The minimum absolute atomic E-state index is 0.222. The number of hydrogen-bond donors (Lipinski definition) is 2. The number of hydrogen-bond acceptors (Lipinski definition) is 2. The fraction of sp³-hybridized carbons (Fsp3) is 0.933. The van der Waals surface area contributed by atoms with Crippen molar-refractivity contribution in [2.45, 2.75) is 59.4 Å². The van der Waals surface area contributed by atoms with Crippen molar-refractivity contribution >= 4 is 5.91 Å². The van der Waals surface area contributed by atoms with E-state index in [9.17, 15) is 4.79 Å². The average Bonchev–Trinajstić information content (AvgIpc) is 2.72. The lowest BCUT2D eigenvalue weighted by Crippen LogP contribution is -2.37. The molecule has 3 N–H and O–H groups in total. The molecule has 2 saturated carbocycles. The molecular weight excluding hydrogens is 224 g/mol.